The normalized spacial score (nSPS) is 33.6. The first kappa shape index (κ1) is 13.8. The number of rotatable bonds is 6. The number of carbonyl (C=O) groups is 2. The van der Waals surface area contributed by atoms with Crippen LogP contribution in [0.3, 0.4) is 0 Å². The van der Waals surface area contributed by atoms with Gasteiger partial charge in [0.2, 0.25) is 11.8 Å². The molecular formula is C12H16N2O2S2. The van der Waals surface area contributed by atoms with Crippen LogP contribution in [0, 0.1) is 23.2 Å². The Morgan fingerprint density at radius 1 is 1.44 bits per heavy atom. The predicted molar refractivity (Wildman–Crippen MR) is 73.3 cm³/mol. The number of hydrogen-bond acceptors (Lipinski definition) is 5. The zero-order valence-electron chi connectivity index (χ0n) is 10.0. The van der Waals surface area contributed by atoms with Crippen LogP contribution >= 0.6 is 24.4 Å². The average molecular weight is 284 g/mol. The summed E-state index contributed by atoms with van der Waals surface area (Å²) in [5.41, 5.74) is 0. The Kier molecular flexibility index (Phi) is 4.23. The Balaban J connectivity index is 1.96. The zero-order valence-corrected chi connectivity index (χ0v) is 11.7. The standard InChI is InChI=1S/C12H16N2O2S2/c13-7-8-6-9-10(15)14-11(16)12(8,9)18-5-3-1-2-4-17/h8-9,17H,1-6H2,(H,14,15,16)/t8-,9?,12?/m1/s1. The molecule has 6 heteroatoms. The molecule has 3 atom stereocenters. The van der Waals surface area contributed by atoms with Crippen LogP contribution in [-0.2, 0) is 9.59 Å². The van der Waals surface area contributed by atoms with Crippen molar-refractivity contribution >= 4 is 36.2 Å². The molecule has 2 rings (SSSR count). The molecule has 1 N–H and O–H groups in total. The van der Waals surface area contributed by atoms with Gasteiger partial charge in [-0.25, -0.2) is 0 Å². The Morgan fingerprint density at radius 3 is 2.83 bits per heavy atom. The fourth-order valence-electron chi connectivity index (χ4n) is 2.63. The molecule has 0 aromatic carbocycles. The highest BCUT2D eigenvalue weighted by Gasteiger charge is 2.68. The molecule has 1 saturated heterocycles. The van der Waals surface area contributed by atoms with E-state index in [0.29, 0.717) is 6.42 Å². The van der Waals surface area contributed by atoms with Crippen molar-refractivity contribution in [2.75, 3.05) is 11.5 Å². The van der Waals surface area contributed by atoms with Gasteiger partial charge >= 0.3 is 0 Å². The second-order valence-electron chi connectivity index (χ2n) is 4.71. The Bertz CT molecular complexity index is 407. The molecule has 1 aliphatic carbocycles. The van der Waals surface area contributed by atoms with E-state index >= 15 is 0 Å². The second-order valence-corrected chi connectivity index (χ2v) is 6.53. The summed E-state index contributed by atoms with van der Waals surface area (Å²) < 4.78 is -0.785. The molecule has 98 valence electrons. The highest BCUT2D eigenvalue weighted by atomic mass is 32.2. The van der Waals surface area contributed by atoms with E-state index in [9.17, 15) is 9.59 Å². The molecule has 1 aliphatic heterocycles. The summed E-state index contributed by atoms with van der Waals surface area (Å²) in [7, 11) is 0. The van der Waals surface area contributed by atoms with Crippen LogP contribution in [0.15, 0.2) is 0 Å². The third kappa shape index (κ3) is 2.04. The maximum atomic E-state index is 11.9. The maximum Gasteiger partial charge on any atom is 0.244 e. The summed E-state index contributed by atoms with van der Waals surface area (Å²) in [6.07, 6.45) is 3.66. The van der Waals surface area contributed by atoms with E-state index in [2.05, 4.69) is 24.0 Å². The molecule has 2 unspecified atom stereocenters. The van der Waals surface area contributed by atoms with Crippen LogP contribution < -0.4 is 5.32 Å². The maximum absolute atomic E-state index is 11.9. The second kappa shape index (κ2) is 5.54. The molecule has 0 aromatic rings. The number of nitrogens with one attached hydrogen (secondary N) is 1. The van der Waals surface area contributed by atoms with E-state index < -0.39 is 4.75 Å². The SMILES string of the molecule is N#C[C@H]1CC2C(=O)NC(=O)C21SCCCCCS. The summed E-state index contributed by atoms with van der Waals surface area (Å²) in [4.78, 5) is 23.5. The van der Waals surface area contributed by atoms with Crippen molar-refractivity contribution in [2.24, 2.45) is 11.8 Å². The monoisotopic (exact) mass is 284 g/mol. The number of thioether (sulfide) groups is 1. The lowest BCUT2D eigenvalue weighted by Gasteiger charge is -2.44. The molecule has 2 aliphatic rings. The summed E-state index contributed by atoms with van der Waals surface area (Å²) in [6, 6.07) is 2.17. The third-order valence-electron chi connectivity index (χ3n) is 3.71. The lowest BCUT2D eigenvalue weighted by Crippen LogP contribution is -2.55. The lowest BCUT2D eigenvalue weighted by atomic mass is 9.66. The first-order chi connectivity index (χ1) is 8.66. The first-order valence-corrected chi connectivity index (χ1v) is 7.78. The minimum atomic E-state index is -0.785. The number of nitrogens with zero attached hydrogens (tertiary/aromatic N) is 1. The Morgan fingerprint density at radius 2 is 2.22 bits per heavy atom. The quantitative estimate of drug-likeness (QED) is 0.439. The largest absolute Gasteiger partial charge is 0.295 e. The van der Waals surface area contributed by atoms with Gasteiger partial charge in [-0.05, 0) is 30.8 Å². The highest BCUT2D eigenvalue weighted by molar-refractivity contribution is 8.01. The third-order valence-corrected chi connectivity index (χ3v) is 5.76. The Labute approximate surface area is 116 Å². The van der Waals surface area contributed by atoms with Crippen molar-refractivity contribution in [3.8, 4) is 6.07 Å². The minimum absolute atomic E-state index is 0.200. The number of nitriles is 1. The van der Waals surface area contributed by atoms with Gasteiger partial charge in [-0.1, -0.05) is 6.42 Å². The zero-order chi connectivity index (χ0) is 13.2. The van der Waals surface area contributed by atoms with Crippen LogP contribution in [0.25, 0.3) is 0 Å². The lowest BCUT2D eigenvalue weighted by molar-refractivity contribution is -0.125. The molecule has 2 amide bonds. The van der Waals surface area contributed by atoms with E-state index in [1.807, 2.05) is 0 Å². The van der Waals surface area contributed by atoms with Crippen LogP contribution in [0.4, 0.5) is 0 Å². The average Bonchev–Trinajstić information content (AvgIpc) is 2.49. The van der Waals surface area contributed by atoms with Gasteiger partial charge in [0.25, 0.3) is 0 Å². The van der Waals surface area contributed by atoms with Crippen LogP contribution in [-0.4, -0.2) is 28.1 Å². The van der Waals surface area contributed by atoms with Gasteiger partial charge < -0.3 is 0 Å². The number of amides is 2. The predicted octanol–water partition coefficient (Wildman–Crippen LogP) is 1.37. The first-order valence-electron chi connectivity index (χ1n) is 6.16. The number of thiol groups is 1. The van der Waals surface area contributed by atoms with Gasteiger partial charge in [0, 0.05) is 0 Å². The summed E-state index contributed by atoms with van der Waals surface area (Å²) in [6.45, 7) is 0. The van der Waals surface area contributed by atoms with E-state index in [0.717, 1.165) is 30.8 Å². The highest BCUT2D eigenvalue weighted by Crippen LogP contribution is 2.56. The van der Waals surface area contributed by atoms with Crippen molar-refractivity contribution in [2.45, 2.75) is 30.4 Å². The van der Waals surface area contributed by atoms with Gasteiger partial charge in [0.15, 0.2) is 0 Å². The smallest absolute Gasteiger partial charge is 0.244 e. The van der Waals surface area contributed by atoms with Crippen molar-refractivity contribution in [1.82, 2.24) is 5.32 Å². The van der Waals surface area contributed by atoms with Crippen LogP contribution in [0.5, 0.6) is 0 Å². The van der Waals surface area contributed by atoms with E-state index in [1.54, 1.807) is 0 Å². The number of fused-ring (bicyclic) bond motifs is 1. The van der Waals surface area contributed by atoms with Crippen molar-refractivity contribution in [3.63, 3.8) is 0 Å². The molecule has 1 saturated carbocycles. The van der Waals surface area contributed by atoms with Gasteiger partial charge in [0.05, 0.1) is 17.9 Å². The minimum Gasteiger partial charge on any atom is -0.295 e. The van der Waals surface area contributed by atoms with E-state index in [-0.39, 0.29) is 23.7 Å². The summed E-state index contributed by atoms with van der Waals surface area (Å²) >= 11 is 5.64. The number of hydrogen-bond donors (Lipinski definition) is 2. The number of carbonyl (C=O) groups excluding carboxylic acids is 2. The van der Waals surface area contributed by atoms with Gasteiger partial charge in [0.1, 0.15) is 4.75 Å². The topological polar surface area (TPSA) is 70.0 Å². The molecule has 4 nitrogen and oxygen atoms in total. The molecule has 0 spiro atoms. The molecule has 0 bridgehead atoms. The molecule has 0 radical (unpaired) electrons. The van der Waals surface area contributed by atoms with Crippen LogP contribution in [0.1, 0.15) is 25.7 Å². The van der Waals surface area contributed by atoms with Crippen LogP contribution in [0.2, 0.25) is 0 Å². The number of imide groups is 1. The molecule has 18 heavy (non-hydrogen) atoms. The summed E-state index contributed by atoms with van der Waals surface area (Å²) in [5.74, 6) is 0.638. The van der Waals surface area contributed by atoms with Crippen molar-refractivity contribution in [1.29, 1.82) is 5.26 Å². The van der Waals surface area contributed by atoms with Gasteiger partial charge in [-0.3, -0.25) is 14.9 Å². The van der Waals surface area contributed by atoms with Gasteiger partial charge in [-0.2, -0.15) is 17.9 Å². The fourth-order valence-corrected chi connectivity index (χ4v) is 4.48. The molecular weight excluding hydrogens is 268 g/mol. The van der Waals surface area contributed by atoms with Gasteiger partial charge in [-0.15, -0.1) is 11.8 Å². The van der Waals surface area contributed by atoms with E-state index in [1.165, 1.54) is 11.8 Å². The molecule has 0 aromatic heterocycles. The van der Waals surface area contributed by atoms with Crippen molar-refractivity contribution < 1.29 is 9.59 Å². The molecule has 1 heterocycles. The Hall–Kier alpha value is -0.670. The number of unbranched alkanes of at least 4 members (excludes halogenated alkanes) is 2. The van der Waals surface area contributed by atoms with Crippen molar-refractivity contribution in [3.05, 3.63) is 0 Å². The van der Waals surface area contributed by atoms with E-state index in [4.69, 9.17) is 5.26 Å². The summed E-state index contributed by atoms with van der Waals surface area (Å²) in [5, 5.41) is 11.5. The fraction of sp³-hybridized carbons (Fsp3) is 0.750. The molecule has 2 fully saturated rings.